The van der Waals surface area contributed by atoms with Crippen LogP contribution in [0.4, 0.5) is 0 Å². The zero-order valence-electron chi connectivity index (χ0n) is 16.4. The third kappa shape index (κ3) is 4.29. The Hall–Kier alpha value is -1.37. The van der Waals surface area contributed by atoms with Crippen LogP contribution in [0.2, 0.25) is 0 Å². The van der Waals surface area contributed by atoms with Crippen molar-refractivity contribution in [2.24, 2.45) is 11.7 Å². The Kier molecular flexibility index (Phi) is 6.09. The van der Waals surface area contributed by atoms with E-state index in [9.17, 15) is 4.79 Å². The minimum Gasteiger partial charge on any atom is -0.377 e. The lowest BCUT2D eigenvalue weighted by atomic mass is 9.97. The fourth-order valence-corrected chi connectivity index (χ4v) is 5.11. The molecule has 1 amide bonds. The van der Waals surface area contributed by atoms with Crippen LogP contribution in [0.25, 0.3) is 10.9 Å². The number of benzene rings is 1. The summed E-state index contributed by atoms with van der Waals surface area (Å²) >= 11 is 3.63. The largest absolute Gasteiger partial charge is 0.377 e. The molecule has 0 spiro atoms. The summed E-state index contributed by atoms with van der Waals surface area (Å²) in [5.74, 6) is 0.756. The predicted molar refractivity (Wildman–Crippen MR) is 116 cm³/mol. The third-order valence-electron chi connectivity index (χ3n) is 6.18. The summed E-state index contributed by atoms with van der Waals surface area (Å²) in [4.78, 5) is 13.0. The summed E-state index contributed by atoms with van der Waals surface area (Å²) in [6, 6.07) is 6.03. The summed E-state index contributed by atoms with van der Waals surface area (Å²) in [7, 11) is 0. The molecule has 1 saturated heterocycles. The van der Waals surface area contributed by atoms with E-state index in [-0.39, 0.29) is 11.4 Å². The molecule has 5 nitrogen and oxygen atoms in total. The van der Waals surface area contributed by atoms with Gasteiger partial charge in [-0.1, -0.05) is 60.5 Å². The fraction of sp³-hybridized carbons (Fsp3) is 0.591. The standard InChI is InChI=1S/C22H30BrN3O2/c23-18-8-5-9-19-20(18)17(12-26(19)13-22(24)14-28-15-22)21(27)25-11-10-16-6-3-1-2-4-7-16/h5,8-9,12,16H,1-4,6-7,10-11,13-15,24H2,(H,25,27). The van der Waals surface area contributed by atoms with Crippen LogP contribution in [0.5, 0.6) is 0 Å². The van der Waals surface area contributed by atoms with Crippen LogP contribution in [0, 0.1) is 5.92 Å². The number of carbonyl (C=O) groups is 1. The van der Waals surface area contributed by atoms with Crippen LogP contribution in [0.3, 0.4) is 0 Å². The van der Waals surface area contributed by atoms with Crippen molar-refractivity contribution in [2.45, 2.75) is 57.0 Å². The Balaban J connectivity index is 1.48. The monoisotopic (exact) mass is 447 g/mol. The van der Waals surface area contributed by atoms with Crippen molar-refractivity contribution in [2.75, 3.05) is 19.8 Å². The van der Waals surface area contributed by atoms with Gasteiger partial charge in [-0.3, -0.25) is 4.79 Å². The van der Waals surface area contributed by atoms with Gasteiger partial charge in [-0.2, -0.15) is 0 Å². The van der Waals surface area contributed by atoms with Crippen LogP contribution < -0.4 is 11.1 Å². The molecule has 2 fully saturated rings. The van der Waals surface area contributed by atoms with E-state index in [1.54, 1.807) is 0 Å². The molecule has 0 bridgehead atoms. The van der Waals surface area contributed by atoms with E-state index in [0.29, 0.717) is 25.3 Å². The molecule has 4 rings (SSSR count). The molecular weight excluding hydrogens is 418 g/mol. The first kappa shape index (κ1) is 19.9. The van der Waals surface area contributed by atoms with Gasteiger partial charge in [0.15, 0.2) is 0 Å². The second-order valence-corrected chi connectivity index (χ2v) is 9.42. The Morgan fingerprint density at radius 2 is 2.00 bits per heavy atom. The number of nitrogens with one attached hydrogen (secondary N) is 1. The lowest BCUT2D eigenvalue weighted by Gasteiger charge is -2.38. The quantitative estimate of drug-likeness (QED) is 0.651. The van der Waals surface area contributed by atoms with Gasteiger partial charge in [0.25, 0.3) is 5.91 Å². The number of fused-ring (bicyclic) bond motifs is 1. The summed E-state index contributed by atoms with van der Waals surface area (Å²) in [5, 5.41) is 4.12. The molecular formula is C22H30BrN3O2. The maximum Gasteiger partial charge on any atom is 0.253 e. The van der Waals surface area contributed by atoms with Gasteiger partial charge < -0.3 is 20.4 Å². The smallest absolute Gasteiger partial charge is 0.253 e. The van der Waals surface area contributed by atoms with Gasteiger partial charge in [0.2, 0.25) is 0 Å². The van der Waals surface area contributed by atoms with Gasteiger partial charge in [-0.15, -0.1) is 0 Å². The molecule has 2 aromatic rings. The normalized spacial score (nSPS) is 19.9. The van der Waals surface area contributed by atoms with Crippen molar-refractivity contribution in [3.63, 3.8) is 0 Å². The number of amides is 1. The molecule has 152 valence electrons. The van der Waals surface area contributed by atoms with E-state index in [4.69, 9.17) is 10.5 Å². The molecule has 2 heterocycles. The Morgan fingerprint density at radius 1 is 1.25 bits per heavy atom. The molecule has 3 N–H and O–H groups in total. The molecule has 0 atom stereocenters. The van der Waals surface area contributed by atoms with E-state index < -0.39 is 0 Å². The first-order valence-corrected chi connectivity index (χ1v) is 11.3. The van der Waals surface area contributed by atoms with E-state index in [0.717, 1.165) is 34.3 Å². The van der Waals surface area contributed by atoms with Crippen molar-refractivity contribution in [1.82, 2.24) is 9.88 Å². The molecule has 0 unspecified atom stereocenters. The SMILES string of the molecule is NC1(Cn2cc(C(=O)NCCC3CCCCCC3)c3c(Br)cccc32)COC1. The lowest BCUT2D eigenvalue weighted by molar-refractivity contribution is -0.0607. The average Bonchev–Trinajstić information content (AvgIpc) is 2.83. The molecule has 1 saturated carbocycles. The molecule has 1 aromatic carbocycles. The summed E-state index contributed by atoms with van der Waals surface area (Å²) in [5.41, 5.74) is 7.76. The zero-order chi connectivity index (χ0) is 19.6. The first-order valence-electron chi connectivity index (χ1n) is 10.5. The topological polar surface area (TPSA) is 69.3 Å². The number of carbonyl (C=O) groups excluding carboxylic acids is 1. The van der Waals surface area contributed by atoms with Gasteiger partial charge in [0, 0.05) is 29.1 Å². The zero-order valence-corrected chi connectivity index (χ0v) is 18.0. The number of halogens is 1. The van der Waals surface area contributed by atoms with E-state index >= 15 is 0 Å². The third-order valence-corrected chi connectivity index (χ3v) is 6.84. The number of nitrogens with zero attached hydrogens (tertiary/aromatic N) is 1. The first-order chi connectivity index (χ1) is 13.6. The maximum absolute atomic E-state index is 13.0. The van der Waals surface area contributed by atoms with Crippen LogP contribution in [0.1, 0.15) is 55.3 Å². The van der Waals surface area contributed by atoms with Gasteiger partial charge in [0.05, 0.1) is 29.8 Å². The molecule has 28 heavy (non-hydrogen) atoms. The molecule has 6 heteroatoms. The molecule has 1 aromatic heterocycles. The predicted octanol–water partition coefficient (Wildman–Crippen LogP) is 4.22. The minimum absolute atomic E-state index is 0.000188. The van der Waals surface area contributed by atoms with Crippen LogP contribution in [0.15, 0.2) is 28.9 Å². The number of hydrogen-bond acceptors (Lipinski definition) is 3. The lowest BCUT2D eigenvalue weighted by Crippen LogP contribution is -2.59. The van der Waals surface area contributed by atoms with Crippen molar-refractivity contribution in [3.05, 3.63) is 34.4 Å². The average molecular weight is 448 g/mol. The highest BCUT2D eigenvalue weighted by Crippen LogP contribution is 2.31. The van der Waals surface area contributed by atoms with Gasteiger partial charge in [-0.25, -0.2) is 0 Å². The maximum atomic E-state index is 13.0. The Bertz CT molecular complexity index is 836. The van der Waals surface area contributed by atoms with E-state index in [2.05, 4.69) is 25.8 Å². The van der Waals surface area contributed by atoms with Crippen LogP contribution in [-0.2, 0) is 11.3 Å². The van der Waals surface area contributed by atoms with Gasteiger partial charge in [0.1, 0.15) is 0 Å². The van der Waals surface area contributed by atoms with Gasteiger partial charge in [-0.05, 0) is 24.5 Å². The second-order valence-electron chi connectivity index (χ2n) is 8.56. The Morgan fingerprint density at radius 3 is 2.68 bits per heavy atom. The van der Waals surface area contributed by atoms with Crippen LogP contribution >= 0.6 is 15.9 Å². The number of hydrogen-bond donors (Lipinski definition) is 2. The molecule has 2 aliphatic rings. The molecule has 0 radical (unpaired) electrons. The van der Waals surface area contributed by atoms with E-state index in [1.165, 1.54) is 38.5 Å². The second kappa shape index (κ2) is 8.56. The highest BCUT2D eigenvalue weighted by atomic mass is 79.9. The van der Waals surface area contributed by atoms with Crippen molar-refractivity contribution >= 4 is 32.7 Å². The highest BCUT2D eigenvalue weighted by molar-refractivity contribution is 9.10. The minimum atomic E-state index is -0.346. The number of rotatable bonds is 6. The highest BCUT2D eigenvalue weighted by Gasteiger charge is 2.35. The molecule has 1 aliphatic carbocycles. The van der Waals surface area contributed by atoms with Crippen molar-refractivity contribution < 1.29 is 9.53 Å². The summed E-state index contributed by atoms with van der Waals surface area (Å²) in [6.07, 6.45) is 11.0. The van der Waals surface area contributed by atoms with Crippen molar-refractivity contribution in [1.29, 1.82) is 0 Å². The Labute approximate surface area is 175 Å². The summed E-state index contributed by atoms with van der Waals surface area (Å²) < 4.78 is 8.33. The van der Waals surface area contributed by atoms with Gasteiger partial charge >= 0.3 is 0 Å². The van der Waals surface area contributed by atoms with E-state index in [1.807, 2.05) is 24.4 Å². The number of nitrogens with two attached hydrogens (primary N) is 1. The number of aromatic nitrogens is 1. The van der Waals surface area contributed by atoms with Crippen molar-refractivity contribution in [3.8, 4) is 0 Å². The van der Waals surface area contributed by atoms with Crippen LogP contribution in [-0.4, -0.2) is 35.8 Å². The number of ether oxygens (including phenoxy) is 1. The fourth-order valence-electron chi connectivity index (χ4n) is 4.54. The summed E-state index contributed by atoms with van der Waals surface area (Å²) in [6.45, 7) is 2.51. The molecule has 1 aliphatic heterocycles.